The lowest BCUT2D eigenvalue weighted by atomic mass is 9.88. The van der Waals surface area contributed by atoms with Crippen LogP contribution in [-0.4, -0.2) is 44.6 Å². The predicted molar refractivity (Wildman–Crippen MR) is 132 cm³/mol. The van der Waals surface area contributed by atoms with E-state index >= 15 is 0 Å². The van der Waals surface area contributed by atoms with E-state index in [0.717, 1.165) is 19.0 Å². The molecule has 6 heteroatoms. The number of nitrogens with one attached hydrogen (secondary N) is 2. The molecule has 0 amide bonds. The molecule has 3 unspecified atom stereocenters. The van der Waals surface area contributed by atoms with Crippen molar-refractivity contribution in [1.82, 2.24) is 15.5 Å². The average molecular weight is 513 g/mol. The second kappa shape index (κ2) is 11.8. The van der Waals surface area contributed by atoms with E-state index in [1.54, 1.807) is 0 Å². The number of nitrogens with zero attached hydrogens (tertiary/aromatic N) is 2. The Morgan fingerprint density at radius 1 is 1.21 bits per heavy atom. The van der Waals surface area contributed by atoms with E-state index in [9.17, 15) is 0 Å². The Balaban J connectivity index is 0.00000280. The van der Waals surface area contributed by atoms with Crippen LogP contribution in [0.4, 0.5) is 0 Å². The molecule has 0 aliphatic carbocycles. The fourth-order valence-electron chi connectivity index (χ4n) is 3.98. The van der Waals surface area contributed by atoms with Crippen molar-refractivity contribution in [2.75, 3.05) is 33.7 Å². The van der Waals surface area contributed by atoms with Gasteiger partial charge in [-0.25, -0.2) is 0 Å². The van der Waals surface area contributed by atoms with Crippen LogP contribution in [0.3, 0.4) is 0 Å². The fraction of sp³-hybridized carbons (Fsp3) is 0.500. The third-order valence-corrected chi connectivity index (χ3v) is 6.48. The molecule has 0 saturated carbocycles. The summed E-state index contributed by atoms with van der Waals surface area (Å²) in [6.07, 6.45) is 2.53. The standard InChI is InChI=1S/C22H32N4S.HI/c1-17(18-9-5-4-6-10-18)15-24-22(23-2)25-16-19-11-7-13-26(3)21(19)20-12-8-14-27-20;/h4-6,8-10,12,14,17,19,21H,7,11,13,15-16H2,1-3H3,(H2,23,24,25);1H. The van der Waals surface area contributed by atoms with Crippen LogP contribution in [0.25, 0.3) is 0 Å². The first-order valence-corrected chi connectivity index (χ1v) is 10.8. The molecule has 3 rings (SSSR count). The first-order chi connectivity index (χ1) is 13.2. The van der Waals surface area contributed by atoms with Gasteiger partial charge < -0.3 is 10.6 Å². The Labute approximate surface area is 190 Å². The Kier molecular flexibility index (Phi) is 9.74. The maximum Gasteiger partial charge on any atom is 0.191 e. The van der Waals surface area contributed by atoms with E-state index in [1.807, 2.05) is 18.4 Å². The van der Waals surface area contributed by atoms with Gasteiger partial charge in [-0.05, 0) is 55.3 Å². The highest BCUT2D eigenvalue weighted by Crippen LogP contribution is 2.36. The molecule has 1 fully saturated rings. The van der Waals surface area contributed by atoms with Crippen molar-refractivity contribution >= 4 is 41.3 Å². The van der Waals surface area contributed by atoms with Crippen LogP contribution in [0.5, 0.6) is 0 Å². The van der Waals surface area contributed by atoms with Gasteiger partial charge >= 0.3 is 0 Å². The van der Waals surface area contributed by atoms with E-state index in [4.69, 9.17) is 0 Å². The average Bonchev–Trinajstić information content (AvgIpc) is 3.23. The Bertz CT molecular complexity index is 705. The van der Waals surface area contributed by atoms with Crippen LogP contribution in [0.15, 0.2) is 52.8 Å². The molecule has 2 N–H and O–H groups in total. The maximum atomic E-state index is 4.43. The third-order valence-electron chi connectivity index (χ3n) is 5.54. The zero-order valence-corrected chi connectivity index (χ0v) is 20.2. The number of rotatable bonds is 6. The normalized spacial score (nSPS) is 21.6. The number of hydrogen-bond acceptors (Lipinski definition) is 3. The number of hydrogen-bond donors (Lipinski definition) is 2. The van der Waals surface area contributed by atoms with Crippen LogP contribution in [-0.2, 0) is 0 Å². The largest absolute Gasteiger partial charge is 0.356 e. The molecule has 0 radical (unpaired) electrons. The molecule has 0 spiro atoms. The summed E-state index contributed by atoms with van der Waals surface area (Å²) in [7, 11) is 4.11. The van der Waals surface area contributed by atoms with E-state index in [-0.39, 0.29) is 24.0 Å². The highest BCUT2D eigenvalue weighted by Gasteiger charge is 2.31. The predicted octanol–water partition coefficient (Wildman–Crippen LogP) is 4.72. The van der Waals surface area contributed by atoms with Gasteiger partial charge in [-0.3, -0.25) is 9.89 Å². The van der Waals surface area contributed by atoms with Crippen molar-refractivity contribution in [3.05, 3.63) is 58.3 Å². The van der Waals surface area contributed by atoms with Crippen molar-refractivity contribution in [2.24, 2.45) is 10.9 Å². The zero-order valence-electron chi connectivity index (χ0n) is 17.1. The van der Waals surface area contributed by atoms with Gasteiger partial charge in [-0.15, -0.1) is 35.3 Å². The second-order valence-corrected chi connectivity index (χ2v) is 8.47. The van der Waals surface area contributed by atoms with Gasteiger partial charge in [0.1, 0.15) is 0 Å². The number of aliphatic imine (C=N–C) groups is 1. The Hall–Kier alpha value is -1.12. The lowest BCUT2D eigenvalue weighted by Crippen LogP contribution is -2.45. The topological polar surface area (TPSA) is 39.7 Å². The molecule has 1 saturated heterocycles. The molecule has 1 aromatic heterocycles. The smallest absolute Gasteiger partial charge is 0.191 e. The molecule has 4 nitrogen and oxygen atoms in total. The summed E-state index contributed by atoms with van der Waals surface area (Å²) in [5, 5.41) is 9.26. The molecule has 1 aliphatic heterocycles. The molecule has 0 bridgehead atoms. The molecule has 1 aromatic carbocycles. The van der Waals surface area contributed by atoms with Gasteiger partial charge in [0.25, 0.3) is 0 Å². The van der Waals surface area contributed by atoms with Crippen molar-refractivity contribution in [3.8, 4) is 0 Å². The number of likely N-dealkylation sites (tertiary alicyclic amines) is 1. The van der Waals surface area contributed by atoms with Crippen molar-refractivity contribution < 1.29 is 0 Å². The molecule has 3 atom stereocenters. The highest BCUT2D eigenvalue weighted by atomic mass is 127. The first-order valence-electron chi connectivity index (χ1n) is 9.92. The summed E-state index contributed by atoms with van der Waals surface area (Å²) >= 11 is 1.87. The van der Waals surface area contributed by atoms with Gasteiger partial charge in [-0.1, -0.05) is 43.3 Å². The minimum Gasteiger partial charge on any atom is -0.356 e. The van der Waals surface area contributed by atoms with Gasteiger partial charge in [-0.2, -0.15) is 0 Å². The molecule has 28 heavy (non-hydrogen) atoms. The summed E-state index contributed by atoms with van der Waals surface area (Å²) in [4.78, 5) is 8.41. The molecular weight excluding hydrogens is 479 g/mol. The minimum absolute atomic E-state index is 0. The van der Waals surface area contributed by atoms with Gasteiger partial charge in [0.15, 0.2) is 5.96 Å². The van der Waals surface area contributed by atoms with E-state index in [1.165, 1.54) is 29.8 Å². The molecule has 154 valence electrons. The van der Waals surface area contributed by atoms with E-state index in [2.05, 4.69) is 82.3 Å². The summed E-state index contributed by atoms with van der Waals surface area (Å²) in [6, 6.07) is 15.6. The fourth-order valence-corrected chi connectivity index (χ4v) is 4.96. The zero-order chi connectivity index (χ0) is 19.1. The summed E-state index contributed by atoms with van der Waals surface area (Å²) in [5.74, 6) is 1.95. The quantitative estimate of drug-likeness (QED) is 0.335. The number of benzene rings is 1. The van der Waals surface area contributed by atoms with E-state index < -0.39 is 0 Å². The molecule has 2 heterocycles. The van der Waals surface area contributed by atoms with Crippen LogP contribution in [0.1, 0.15) is 42.2 Å². The number of halogens is 1. The molecule has 2 aromatic rings. The Morgan fingerprint density at radius 3 is 2.68 bits per heavy atom. The van der Waals surface area contributed by atoms with Crippen molar-refractivity contribution in [3.63, 3.8) is 0 Å². The molecule has 1 aliphatic rings. The lowest BCUT2D eigenvalue weighted by Gasteiger charge is -2.39. The summed E-state index contributed by atoms with van der Waals surface area (Å²) in [6.45, 7) is 5.26. The van der Waals surface area contributed by atoms with Gasteiger partial charge in [0.05, 0.1) is 0 Å². The highest BCUT2D eigenvalue weighted by molar-refractivity contribution is 14.0. The van der Waals surface area contributed by atoms with E-state index in [0.29, 0.717) is 17.9 Å². The summed E-state index contributed by atoms with van der Waals surface area (Å²) in [5.41, 5.74) is 1.35. The van der Waals surface area contributed by atoms with Crippen LogP contribution in [0, 0.1) is 5.92 Å². The maximum absolute atomic E-state index is 4.43. The van der Waals surface area contributed by atoms with Crippen molar-refractivity contribution in [2.45, 2.75) is 31.7 Å². The molecular formula is C22H33IN4S. The first kappa shape index (κ1) is 23.2. The third kappa shape index (κ3) is 6.19. The minimum atomic E-state index is 0. The SMILES string of the molecule is CN=C(NCC(C)c1ccccc1)NCC1CCCN(C)C1c1cccs1.I. The second-order valence-electron chi connectivity index (χ2n) is 7.49. The Morgan fingerprint density at radius 2 is 2.00 bits per heavy atom. The van der Waals surface area contributed by atoms with Gasteiger partial charge in [0.2, 0.25) is 0 Å². The van der Waals surface area contributed by atoms with Crippen LogP contribution < -0.4 is 10.6 Å². The summed E-state index contributed by atoms with van der Waals surface area (Å²) < 4.78 is 0. The number of piperidine rings is 1. The monoisotopic (exact) mass is 512 g/mol. The van der Waals surface area contributed by atoms with Crippen LogP contribution in [0.2, 0.25) is 0 Å². The van der Waals surface area contributed by atoms with Gasteiger partial charge in [0, 0.05) is 31.1 Å². The van der Waals surface area contributed by atoms with Crippen LogP contribution >= 0.6 is 35.3 Å². The number of thiophene rings is 1. The lowest BCUT2D eigenvalue weighted by molar-refractivity contribution is 0.125. The number of guanidine groups is 1. The van der Waals surface area contributed by atoms with Crippen molar-refractivity contribution in [1.29, 1.82) is 0 Å².